The van der Waals surface area contributed by atoms with E-state index in [0.29, 0.717) is 6.54 Å². The minimum absolute atomic E-state index is 0.272. The van der Waals surface area contributed by atoms with Gasteiger partial charge in [-0.15, -0.1) is 11.3 Å². The summed E-state index contributed by atoms with van der Waals surface area (Å²) >= 11 is 1.61. The molecular formula is C10H10N2OS. The SMILES string of the molecule is Oc1cccc(NCc2nccs2)c1. The van der Waals surface area contributed by atoms with Crippen molar-refractivity contribution in [2.45, 2.75) is 6.54 Å². The van der Waals surface area contributed by atoms with E-state index in [2.05, 4.69) is 10.3 Å². The molecule has 2 aromatic rings. The standard InChI is InChI=1S/C10H10N2OS/c13-9-3-1-2-8(6-9)12-7-10-11-4-5-14-10/h1-6,12-13H,7H2. The molecule has 1 aromatic carbocycles. The average Bonchev–Trinajstić information content (AvgIpc) is 2.67. The molecule has 0 atom stereocenters. The van der Waals surface area contributed by atoms with E-state index >= 15 is 0 Å². The fourth-order valence-corrected chi connectivity index (χ4v) is 1.69. The molecule has 1 heterocycles. The van der Waals surface area contributed by atoms with Gasteiger partial charge in [0.25, 0.3) is 0 Å². The zero-order valence-electron chi connectivity index (χ0n) is 7.47. The van der Waals surface area contributed by atoms with Crippen molar-refractivity contribution < 1.29 is 5.11 Å². The van der Waals surface area contributed by atoms with Crippen molar-refractivity contribution in [3.8, 4) is 5.75 Å². The van der Waals surface area contributed by atoms with Crippen LogP contribution < -0.4 is 5.32 Å². The van der Waals surface area contributed by atoms with Gasteiger partial charge >= 0.3 is 0 Å². The zero-order valence-corrected chi connectivity index (χ0v) is 8.29. The first-order chi connectivity index (χ1) is 6.84. The highest BCUT2D eigenvalue weighted by atomic mass is 32.1. The van der Waals surface area contributed by atoms with Crippen LogP contribution in [0.1, 0.15) is 5.01 Å². The van der Waals surface area contributed by atoms with E-state index < -0.39 is 0 Å². The van der Waals surface area contributed by atoms with Crippen LogP contribution in [0.4, 0.5) is 5.69 Å². The Morgan fingerprint density at radius 3 is 3.07 bits per heavy atom. The number of hydrogen-bond donors (Lipinski definition) is 2. The van der Waals surface area contributed by atoms with Crippen LogP contribution in [0.15, 0.2) is 35.8 Å². The Bertz CT molecular complexity index is 400. The Hall–Kier alpha value is -1.55. The lowest BCUT2D eigenvalue weighted by Gasteiger charge is -2.03. The smallest absolute Gasteiger partial charge is 0.117 e. The van der Waals surface area contributed by atoms with Gasteiger partial charge in [0.05, 0.1) is 6.54 Å². The molecular weight excluding hydrogens is 196 g/mol. The van der Waals surface area contributed by atoms with Crippen molar-refractivity contribution in [2.75, 3.05) is 5.32 Å². The first kappa shape index (κ1) is 9.02. The summed E-state index contributed by atoms with van der Waals surface area (Å²) in [5.41, 5.74) is 0.903. The Labute approximate surface area is 86.1 Å². The number of benzene rings is 1. The minimum Gasteiger partial charge on any atom is -0.508 e. The summed E-state index contributed by atoms with van der Waals surface area (Å²) in [5, 5.41) is 15.4. The highest BCUT2D eigenvalue weighted by Gasteiger charge is 1.96. The van der Waals surface area contributed by atoms with E-state index in [-0.39, 0.29) is 5.75 Å². The third-order valence-corrected chi connectivity index (χ3v) is 2.55. The first-order valence-electron chi connectivity index (χ1n) is 4.26. The Kier molecular flexibility index (Phi) is 2.65. The number of nitrogens with one attached hydrogen (secondary N) is 1. The highest BCUT2D eigenvalue weighted by molar-refractivity contribution is 7.09. The molecule has 14 heavy (non-hydrogen) atoms. The molecule has 0 aliphatic carbocycles. The zero-order chi connectivity index (χ0) is 9.80. The van der Waals surface area contributed by atoms with Gasteiger partial charge in [-0.25, -0.2) is 4.98 Å². The number of hydrogen-bond acceptors (Lipinski definition) is 4. The molecule has 0 saturated carbocycles. The molecule has 72 valence electrons. The van der Waals surface area contributed by atoms with Gasteiger partial charge in [0.15, 0.2) is 0 Å². The maximum Gasteiger partial charge on any atom is 0.117 e. The highest BCUT2D eigenvalue weighted by Crippen LogP contribution is 2.16. The molecule has 0 fully saturated rings. The van der Waals surface area contributed by atoms with Gasteiger partial charge in [-0.1, -0.05) is 6.07 Å². The van der Waals surface area contributed by atoms with Gasteiger partial charge in [-0.2, -0.15) is 0 Å². The molecule has 1 aromatic heterocycles. The summed E-state index contributed by atoms with van der Waals surface area (Å²) in [7, 11) is 0. The van der Waals surface area contributed by atoms with Crippen LogP contribution in [0, 0.1) is 0 Å². The topological polar surface area (TPSA) is 45.1 Å². The van der Waals surface area contributed by atoms with Gasteiger partial charge < -0.3 is 10.4 Å². The maximum absolute atomic E-state index is 9.22. The largest absolute Gasteiger partial charge is 0.508 e. The second kappa shape index (κ2) is 4.11. The van der Waals surface area contributed by atoms with Gasteiger partial charge in [-0.3, -0.25) is 0 Å². The normalized spacial score (nSPS) is 10.0. The van der Waals surface area contributed by atoms with Crippen molar-refractivity contribution in [1.29, 1.82) is 0 Å². The Morgan fingerprint density at radius 1 is 1.43 bits per heavy atom. The predicted molar refractivity (Wildman–Crippen MR) is 57.5 cm³/mol. The molecule has 0 aliphatic rings. The number of anilines is 1. The van der Waals surface area contributed by atoms with E-state index in [0.717, 1.165) is 10.7 Å². The number of phenols is 1. The third kappa shape index (κ3) is 2.23. The molecule has 0 spiro atoms. The maximum atomic E-state index is 9.22. The van der Waals surface area contributed by atoms with Gasteiger partial charge in [-0.05, 0) is 12.1 Å². The molecule has 0 bridgehead atoms. The number of phenolic OH excluding ortho intramolecular Hbond substituents is 1. The van der Waals surface area contributed by atoms with Crippen molar-refractivity contribution in [3.05, 3.63) is 40.8 Å². The molecule has 0 saturated heterocycles. The van der Waals surface area contributed by atoms with Crippen LogP contribution >= 0.6 is 11.3 Å². The summed E-state index contributed by atoms with van der Waals surface area (Å²) in [6.45, 7) is 0.696. The van der Waals surface area contributed by atoms with Gasteiger partial charge in [0.2, 0.25) is 0 Å². The number of aromatic hydroxyl groups is 1. The fourth-order valence-electron chi connectivity index (χ4n) is 1.13. The molecule has 3 nitrogen and oxygen atoms in total. The summed E-state index contributed by atoms with van der Waals surface area (Å²) in [4.78, 5) is 4.15. The minimum atomic E-state index is 0.272. The molecule has 0 unspecified atom stereocenters. The number of aromatic nitrogens is 1. The lowest BCUT2D eigenvalue weighted by atomic mass is 10.3. The molecule has 0 radical (unpaired) electrons. The Balaban J connectivity index is 1.98. The predicted octanol–water partition coefficient (Wildman–Crippen LogP) is 2.46. The van der Waals surface area contributed by atoms with Crippen molar-refractivity contribution in [3.63, 3.8) is 0 Å². The number of nitrogens with zero attached hydrogens (tertiary/aromatic N) is 1. The van der Waals surface area contributed by atoms with Gasteiger partial charge in [0, 0.05) is 23.3 Å². The van der Waals surface area contributed by atoms with Crippen LogP contribution in [0.2, 0.25) is 0 Å². The van der Waals surface area contributed by atoms with Crippen LogP contribution in [0.3, 0.4) is 0 Å². The first-order valence-corrected chi connectivity index (χ1v) is 5.14. The van der Waals surface area contributed by atoms with Crippen molar-refractivity contribution >= 4 is 17.0 Å². The monoisotopic (exact) mass is 206 g/mol. The van der Waals surface area contributed by atoms with Crippen LogP contribution in [0.25, 0.3) is 0 Å². The van der Waals surface area contributed by atoms with Crippen molar-refractivity contribution in [1.82, 2.24) is 4.98 Å². The number of rotatable bonds is 3. The number of thiazole rings is 1. The second-order valence-electron chi connectivity index (χ2n) is 2.83. The van der Waals surface area contributed by atoms with Crippen LogP contribution in [-0.2, 0) is 6.54 Å². The Morgan fingerprint density at radius 2 is 2.36 bits per heavy atom. The van der Waals surface area contributed by atoms with E-state index in [1.807, 2.05) is 11.4 Å². The van der Waals surface area contributed by atoms with E-state index in [9.17, 15) is 5.11 Å². The summed E-state index contributed by atoms with van der Waals surface area (Å²) in [6.07, 6.45) is 1.78. The van der Waals surface area contributed by atoms with Crippen LogP contribution in [-0.4, -0.2) is 10.1 Å². The molecule has 2 N–H and O–H groups in total. The summed E-state index contributed by atoms with van der Waals surface area (Å²) < 4.78 is 0. The molecule has 2 rings (SSSR count). The third-order valence-electron chi connectivity index (χ3n) is 1.77. The van der Waals surface area contributed by atoms with Gasteiger partial charge in [0.1, 0.15) is 10.8 Å². The summed E-state index contributed by atoms with van der Waals surface area (Å²) in [5.74, 6) is 0.272. The van der Waals surface area contributed by atoms with E-state index in [1.54, 1.807) is 35.7 Å². The molecule has 0 aliphatic heterocycles. The van der Waals surface area contributed by atoms with Crippen molar-refractivity contribution in [2.24, 2.45) is 0 Å². The molecule has 4 heteroatoms. The lowest BCUT2D eigenvalue weighted by molar-refractivity contribution is 0.475. The fraction of sp³-hybridized carbons (Fsp3) is 0.100. The molecule has 0 amide bonds. The lowest BCUT2D eigenvalue weighted by Crippen LogP contribution is -1.97. The quantitative estimate of drug-likeness (QED) is 0.810. The van der Waals surface area contributed by atoms with E-state index in [1.165, 1.54) is 0 Å². The van der Waals surface area contributed by atoms with Crippen LogP contribution in [0.5, 0.6) is 5.75 Å². The average molecular weight is 206 g/mol. The van der Waals surface area contributed by atoms with E-state index in [4.69, 9.17) is 0 Å². The summed E-state index contributed by atoms with van der Waals surface area (Å²) in [6, 6.07) is 7.05. The second-order valence-corrected chi connectivity index (χ2v) is 3.81.